The van der Waals surface area contributed by atoms with Crippen LogP contribution in [-0.4, -0.2) is 26.1 Å². The number of hydrogen-bond donors (Lipinski definition) is 1. The van der Waals surface area contributed by atoms with E-state index in [0.717, 1.165) is 10.4 Å². The number of rotatable bonds is 2. The molecule has 17 heavy (non-hydrogen) atoms. The fourth-order valence-corrected chi connectivity index (χ4v) is 2.14. The second-order valence-electron chi connectivity index (χ2n) is 3.44. The Bertz CT molecular complexity index is 627. The van der Waals surface area contributed by atoms with Gasteiger partial charge in [-0.25, -0.2) is 9.48 Å². The highest BCUT2D eigenvalue weighted by Gasteiger charge is 2.04. The highest BCUT2D eigenvalue weighted by molar-refractivity contribution is 7.10. The quantitative estimate of drug-likeness (QED) is 0.764. The molecule has 0 aliphatic carbocycles. The topological polar surface area (TPSA) is 60.1 Å². The minimum absolute atomic E-state index is 0.138. The Balaban J connectivity index is 2.17. The van der Waals surface area contributed by atoms with E-state index in [2.05, 4.69) is 16.9 Å². The predicted octanol–water partition coefficient (Wildman–Crippen LogP) is 0.0354. The molecule has 2 aromatic rings. The van der Waals surface area contributed by atoms with Crippen LogP contribution in [0.3, 0.4) is 0 Å². The molecular formula is C11H11N3O2S. The molecule has 0 amide bonds. The van der Waals surface area contributed by atoms with Gasteiger partial charge >= 0.3 is 5.69 Å². The van der Waals surface area contributed by atoms with Crippen molar-refractivity contribution in [3.8, 4) is 11.8 Å². The van der Waals surface area contributed by atoms with Crippen molar-refractivity contribution >= 4 is 11.3 Å². The number of aromatic nitrogens is 3. The Morgan fingerprint density at radius 2 is 2.41 bits per heavy atom. The van der Waals surface area contributed by atoms with E-state index in [4.69, 9.17) is 5.11 Å². The third-order valence-electron chi connectivity index (χ3n) is 2.16. The standard InChI is InChI=1S/C11H11N3O2S/c1-13-8-12-14(11(13)16)6-10-5-9(7-17-10)3-2-4-15/h5,7-8,15H,4,6H2,1H3. The Morgan fingerprint density at radius 1 is 1.59 bits per heavy atom. The molecule has 0 radical (unpaired) electrons. The van der Waals surface area contributed by atoms with E-state index < -0.39 is 0 Å². The van der Waals surface area contributed by atoms with Crippen molar-refractivity contribution in [1.29, 1.82) is 0 Å². The van der Waals surface area contributed by atoms with E-state index in [1.54, 1.807) is 7.05 Å². The Hall–Kier alpha value is -1.84. The van der Waals surface area contributed by atoms with E-state index in [1.165, 1.54) is 26.9 Å². The van der Waals surface area contributed by atoms with Gasteiger partial charge in [-0.1, -0.05) is 11.8 Å². The molecule has 6 heteroatoms. The number of thiophene rings is 1. The molecule has 0 aromatic carbocycles. The van der Waals surface area contributed by atoms with E-state index >= 15 is 0 Å². The summed E-state index contributed by atoms with van der Waals surface area (Å²) in [7, 11) is 1.67. The Morgan fingerprint density at radius 3 is 3.06 bits per heavy atom. The zero-order chi connectivity index (χ0) is 12.3. The van der Waals surface area contributed by atoms with Gasteiger partial charge in [0.1, 0.15) is 12.9 Å². The average molecular weight is 249 g/mol. The second kappa shape index (κ2) is 4.99. The van der Waals surface area contributed by atoms with Gasteiger partial charge in [0.15, 0.2) is 0 Å². The summed E-state index contributed by atoms with van der Waals surface area (Å²) in [6.45, 7) is 0.302. The fourth-order valence-electron chi connectivity index (χ4n) is 1.35. The van der Waals surface area contributed by atoms with E-state index in [-0.39, 0.29) is 12.3 Å². The first-order valence-electron chi connectivity index (χ1n) is 4.96. The summed E-state index contributed by atoms with van der Waals surface area (Å²) in [5, 5.41) is 14.5. The van der Waals surface area contributed by atoms with Crippen molar-refractivity contribution in [2.45, 2.75) is 6.54 Å². The highest BCUT2D eigenvalue weighted by Crippen LogP contribution is 2.14. The summed E-state index contributed by atoms with van der Waals surface area (Å²) in [4.78, 5) is 12.6. The van der Waals surface area contributed by atoms with Crippen LogP contribution in [0.2, 0.25) is 0 Å². The molecule has 88 valence electrons. The predicted molar refractivity (Wildman–Crippen MR) is 64.9 cm³/mol. The van der Waals surface area contributed by atoms with Gasteiger partial charge in [-0.15, -0.1) is 11.3 Å². The number of aliphatic hydroxyl groups excluding tert-OH is 1. The van der Waals surface area contributed by atoms with Crippen molar-refractivity contribution in [3.05, 3.63) is 38.7 Å². The lowest BCUT2D eigenvalue weighted by Gasteiger charge is -1.94. The average Bonchev–Trinajstić information content (AvgIpc) is 2.89. The Labute approximate surface area is 102 Å². The summed E-state index contributed by atoms with van der Waals surface area (Å²) in [5.74, 6) is 5.40. The molecule has 0 spiro atoms. The van der Waals surface area contributed by atoms with Crippen molar-refractivity contribution < 1.29 is 5.11 Å². The molecule has 2 heterocycles. The lowest BCUT2D eigenvalue weighted by atomic mass is 10.3. The lowest BCUT2D eigenvalue weighted by Crippen LogP contribution is -2.23. The third kappa shape index (κ3) is 2.64. The van der Waals surface area contributed by atoms with Crippen LogP contribution >= 0.6 is 11.3 Å². The third-order valence-corrected chi connectivity index (χ3v) is 3.08. The van der Waals surface area contributed by atoms with Crippen LogP contribution in [0, 0.1) is 11.8 Å². The maximum Gasteiger partial charge on any atom is 0.345 e. The molecule has 2 rings (SSSR count). The smallest absolute Gasteiger partial charge is 0.345 e. The van der Waals surface area contributed by atoms with E-state index in [9.17, 15) is 4.79 Å². The molecule has 0 bridgehead atoms. The van der Waals surface area contributed by atoms with Gasteiger partial charge < -0.3 is 5.11 Å². The zero-order valence-electron chi connectivity index (χ0n) is 9.25. The molecule has 5 nitrogen and oxygen atoms in total. The first-order valence-corrected chi connectivity index (χ1v) is 5.84. The van der Waals surface area contributed by atoms with Crippen molar-refractivity contribution in [2.75, 3.05) is 6.61 Å². The number of nitrogens with zero attached hydrogens (tertiary/aromatic N) is 3. The van der Waals surface area contributed by atoms with Gasteiger partial charge in [-0.2, -0.15) is 5.10 Å². The van der Waals surface area contributed by atoms with Crippen molar-refractivity contribution in [2.24, 2.45) is 7.05 Å². The number of aliphatic hydroxyl groups is 1. The molecule has 0 aliphatic rings. The minimum Gasteiger partial charge on any atom is -0.384 e. The van der Waals surface area contributed by atoms with Gasteiger partial charge in [-0.3, -0.25) is 4.57 Å². The fraction of sp³-hybridized carbons (Fsp3) is 0.273. The van der Waals surface area contributed by atoms with Crippen LogP contribution in [0.1, 0.15) is 10.4 Å². The number of hydrogen-bond acceptors (Lipinski definition) is 4. The largest absolute Gasteiger partial charge is 0.384 e. The van der Waals surface area contributed by atoms with Crippen molar-refractivity contribution in [1.82, 2.24) is 14.3 Å². The summed E-state index contributed by atoms with van der Waals surface area (Å²) in [6, 6.07) is 1.90. The van der Waals surface area contributed by atoms with Crippen LogP contribution in [0.5, 0.6) is 0 Å². The van der Waals surface area contributed by atoms with Gasteiger partial charge in [0.25, 0.3) is 0 Å². The molecule has 0 saturated heterocycles. The van der Waals surface area contributed by atoms with Gasteiger partial charge in [-0.05, 0) is 6.07 Å². The first kappa shape index (κ1) is 11.6. The summed E-state index contributed by atoms with van der Waals surface area (Å²) in [6.07, 6.45) is 1.49. The zero-order valence-corrected chi connectivity index (χ0v) is 10.1. The minimum atomic E-state index is -0.148. The maximum atomic E-state index is 11.6. The van der Waals surface area contributed by atoms with Gasteiger partial charge in [0, 0.05) is 22.9 Å². The molecular weight excluding hydrogens is 238 g/mol. The molecule has 2 aromatic heterocycles. The summed E-state index contributed by atoms with van der Waals surface area (Å²) in [5.41, 5.74) is 0.712. The molecule has 0 aliphatic heterocycles. The molecule has 0 atom stereocenters. The SMILES string of the molecule is Cn1cnn(Cc2cc(C#CCO)cs2)c1=O. The van der Waals surface area contributed by atoms with Crippen LogP contribution in [0.15, 0.2) is 22.6 Å². The highest BCUT2D eigenvalue weighted by atomic mass is 32.1. The van der Waals surface area contributed by atoms with E-state index in [1.807, 2.05) is 11.4 Å². The monoisotopic (exact) mass is 249 g/mol. The summed E-state index contributed by atoms with van der Waals surface area (Å²) < 4.78 is 2.83. The molecule has 1 N–H and O–H groups in total. The van der Waals surface area contributed by atoms with Crippen LogP contribution in [0.4, 0.5) is 0 Å². The lowest BCUT2D eigenvalue weighted by molar-refractivity contribution is 0.350. The Kier molecular flexibility index (Phi) is 3.42. The molecule has 0 unspecified atom stereocenters. The molecule has 0 saturated carbocycles. The van der Waals surface area contributed by atoms with Crippen LogP contribution in [-0.2, 0) is 13.6 Å². The van der Waals surface area contributed by atoms with Gasteiger partial charge in [0.2, 0.25) is 0 Å². The van der Waals surface area contributed by atoms with Crippen molar-refractivity contribution in [3.63, 3.8) is 0 Å². The van der Waals surface area contributed by atoms with Gasteiger partial charge in [0.05, 0.1) is 6.54 Å². The maximum absolute atomic E-state index is 11.6. The number of aryl methyl sites for hydroxylation is 1. The van der Waals surface area contributed by atoms with Crippen LogP contribution in [0.25, 0.3) is 0 Å². The van der Waals surface area contributed by atoms with Crippen LogP contribution < -0.4 is 5.69 Å². The normalized spacial score (nSPS) is 10.0. The second-order valence-corrected chi connectivity index (χ2v) is 4.44. The van der Waals surface area contributed by atoms with E-state index in [0.29, 0.717) is 6.54 Å². The summed E-state index contributed by atoms with van der Waals surface area (Å²) >= 11 is 1.52. The molecule has 0 fully saturated rings. The first-order chi connectivity index (χ1) is 8.20.